The van der Waals surface area contributed by atoms with E-state index in [-0.39, 0.29) is 18.4 Å². The van der Waals surface area contributed by atoms with Crippen LogP contribution in [0.2, 0.25) is 0 Å². The van der Waals surface area contributed by atoms with E-state index in [0.29, 0.717) is 13.2 Å². The number of aryl methyl sites for hydroxylation is 1. The summed E-state index contributed by atoms with van der Waals surface area (Å²) in [6, 6.07) is 15.4. The molecular weight excluding hydrogens is 302 g/mol. The Balaban J connectivity index is 1.72. The van der Waals surface area contributed by atoms with Gasteiger partial charge < -0.3 is 14.7 Å². The van der Waals surface area contributed by atoms with Crippen molar-refractivity contribution in [3.05, 3.63) is 65.2 Å². The first-order chi connectivity index (χ1) is 11.6. The zero-order chi connectivity index (χ0) is 17.1. The molecule has 0 bridgehead atoms. The van der Waals surface area contributed by atoms with Crippen molar-refractivity contribution in [1.29, 1.82) is 0 Å². The van der Waals surface area contributed by atoms with Crippen LogP contribution < -0.4 is 4.74 Å². The molecule has 0 fully saturated rings. The second-order valence-corrected chi connectivity index (χ2v) is 6.20. The Bertz CT molecular complexity index is 711. The highest BCUT2D eigenvalue weighted by Crippen LogP contribution is 2.34. The molecule has 126 valence electrons. The van der Waals surface area contributed by atoms with Crippen LogP contribution in [0.3, 0.4) is 0 Å². The Morgan fingerprint density at radius 1 is 1.25 bits per heavy atom. The number of para-hydroxylation sites is 1. The highest BCUT2D eigenvalue weighted by atomic mass is 16.5. The molecule has 0 aliphatic carbocycles. The van der Waals surface area contributed by atoms with Crippen LogP contribution in [0.1, 0.15) is 35.6 Å². The van der Waals surface area contributed by atoms with Crippen molar-refractivity contribution in [2.75, 3.05) is 19.7 Å². The molecule has 24 heavy (non-hydrogen) atoms. The molecular formula is C20H23NO3. The van der Waals surface area contributed by atoms with E-state index >= 15 is 0 Å². The summed E-state index contributed by atoms with van der Waals surface area (Å²) >= 11 is 0. The summed E-state index contributed by atoms with van der Waals surface area (Å²) in [6.45, 7) is 5.16. The van der Waals surface area contributed by atoms with Crippen LogP contribution in [0, 0.1) is 6.92 Å². The molecule has 4 heteroatoms. The van der Waals surface area contributed by atoms with Crippen LogP contribution >= 0.6 is 0 Å². The number of fused-ring (bicyclic) bond motifs is 1. The van der Waals surface area contributed by atoms with Gasteiger partial charge in [-0.3, -0.25) is 4.79 Å². The lowest BCUT2D eigenvalue weighted by molar-refractivity contribution is -0.134. The number of aliphatic hydroxyl groups excluding tert-OH is 1. The Labute approximate surface area is 142 Å². The summed E-state index contributed by atoms with van der Waals surface area (Å²) in [5, 5.41) is 10.5. The van der Waals surface area contributed by atoms with Crippen LogP contribution in [0.25, 0.3) is 0 Å². The van der Waals surface area contributed by atoms with E-state index in [4.69, 9.17) is 4.74 Å². The van der Waals surface area contributed by atoms with Crippen molar-refractivity contribution in [2.45, 2.75) is 25.9 Å². The average Bonchev–Trinajstić information content (AvgIpc) is 3.03. The molecule has 1 aliphatic rings. The lowest BCUT2D eigenvalue weighted by Crippen LogP contribution is -2.38. The zero-order valence-corrected chi connectivity index (χ0v) is 14.1. The Hall–Kier alpha value is -2.33. The fourth-order valence-electron chi connectivity index (χ4n) is 3.07. The van der Waals surface area contributed by atoms with E-state index in [1.165, 1.54) is 0 Å². The van der Waals surface area contributed by atoms with E-state index in [1.54, 1.807) is 4.90 Å². The molecule has 0 saturated heterocycles. The number of likely N-dealkylation sites (N-methyl/N-ethyl adjacent to an activating group) is 1. The molecule has 2 aromatic carbocycles. The summed E-state index contributed by atoms with van der Waals surface area (Å²) < 4.78 is 5.62. The van der Waals surface area contributed by atoms with Crippen molar-refractivity contribution in [1.82, 2.24) is 4.90 Å². The fraction of sp³-hybridized carbons (Fsp3) is 0.350. The maximum absolute atomic E-state index is 12.9. The number of aliphatic hydroxyl groups is 1. The van der Waals surface area contributed by atoms with Gasteiger partial charge in [-0.15, -0.1) is 0 Å². The Morgan fingerprint density at radius 3 is 2.67 bits per heavy atom. The van der Waals surface area contributed by atoms with Crippen molar-refractivity contribution in [3.8, 4) is 5.75 Å². The number of benzene rings is 2. The Kier molecular flexibility index (Phi) is 4.86. The summed E-state index contributed by atoms with van der Waals surface area (Å²) in [6.07, 6.45) is -0.688. The standard InChI is InChI=1S/C20H23NO3/c1-3-21(12-18(22)15-10-8-14(2)9-11-15)20(23)17-13-24-19-7-5-4-6-16(17)19/h4-11,17-18,22H,3,12-13H2,1-2H3. The maximum atomic E-state index is 12.9. The number of hydrogen-bond acceptors (Lipinski definition) is 3. The zero-order valence-electron chi connectivity index (χ0n) is 14.1. The predicted molar refractivity (Wildman–Crippen MR) is 93.1 cm³/mol. The van der Waals surface area contributed by atoms with Crippen molar-refractivity contribution >= 4 is 5.91 Å². The first-order valence-corrected chi connectivity index (χ1v) is 8.35. The molecule has 2 unspecified atom stereocenters. The average molecular weight is 325 g/mol. The quantitative estimate of drug-likeness (QED) is 0.919. The minimum absolute atomic E-state index is 0.00797. The summed E-state index contributed by atoms with van der Waals surface area (Å²) in [5.41, 5.74) is 2.91. The molecule has 3 rings (SSSR count). The van der Waals surface area contributed by atoms with Crippen LogP contribution in [0.15, 0.2) is 48.5 Å². The summed E-state index contributed by atoms with van der Waals surface area (Å²) in [7, 11) is 0. The molecule has 1 aliphatic heterocycles. The van der Waals surface area contributed by atoms with E-state index < -0.39 is 6.10 Å². The second kappa shape index (κ2) is 7.05. The van der Waals surface area contributed by atoms with Crippen LogP contribution in [-0.4, -0.2) is 35.6 Å². The maximum Gasteiger partial charge on any atom is 0.233 e. The van der Waals surface area contributed by atoms with Gasteiger partial charge in [0.2, 0.25) is 5.91 Å². The predicted octanol–water partition coefficient (Wildman–Crippen LogP) is 3.05. The first-order valence-electron chi connectivity index (χ1n) is 8.35. The summed E-state index contributed by atoms with van der Waals surface area (Å²) in [5.74, 6) is 0.506. The molecule has 0 spiro atoms. The van der Waals surface area contributed by atoms with Gasteiger partial charge in [0, 0.05) is 12.1 Å². The van der Waals surface area contributed by atoms with Gasteiger partial charge in [-0.25, -0.2) is 0 Å². The van der Waals surface area contributed by atoms with Crippen LogP contribution in [0.4, 0.5) is 0 Å². The fourth-order valence-corrected chi connectivity index (χ4v) is 3.07. The number of rotatable bonds is 5. The summed E-state index contributed by atoms with van der Waals surface area (Å²) in [4.78, 5) is 14.6. The largest absolute Gasteiger partial charge is 0.492 e. The lowest BCUT2D eigenvalue weighted by atomic mass is 9.99. The van der Waals surface area contributed by atoms with E-state index in [1.807, 2.05) is 62.4 Å². The van der Waals surface area contributed by atoms with Crippen molar-refractivity contribution in [2.24, 2.45) is 0 Å². The Morgan fingerprint density at radius 2 is 1.96 bits per heavy atom. The van der Waals surface area contributed by atoms with Gasteiger partial charge >= 0.3 is 0 Å². The number of carbonyl (C=O) groups excluding carboxylic acids is 1. The van der Waals surface area contributed by atoms with Gasteiger partial charge in [-0.1, -0.05) is 48.0 Å². The number of ether oxygens (including phenoxy) is 1. The van der Waals surface area contributed by atoms with Gasteiger partial charge in [0.1, 0.15) is 18.3 Å². The molecule has 2 atom stereocenters. The van der Waals surface area contributed by atoms with Crippen LogP contribution in [-0.2, 0) is 4.79 Å². The smallest absolute Gasteiger partial charge is 0.233 e. The third kappa shape index (κ3) is 3.29. The number of amides is 1. The van der Waals surface area contributed by atoms with E-state index in [2.05, 4.69) is 0 Å². The van der Waals surface area contributed by atoms with E-state index in [0.717, 1.165) is 22.4 Å². The second-order valence-electron chi connectivity index (χ2n) is 6.20. The number of hydrogen-bond donors (Lipinski definition) is 1. The molecule has 4 nitrogen and oxygen atoms in total. The third-order valence-electron chi connectivity index (χ3n) is 4.55. The van der Waals surface area contributed by atoms with Crippen LogP contribution in [0.5, 0.6) is 5.75 Å². The molecule has 1 amide bonds. The molecule has 0 aromatic heterocycles. The number of carbonyl (C=O) groups is 1. The molecule has 2 aromatic rings. The van der Waals surface area contributed by atoms with Crippen molar-refractivity contribution in [3.63, 3.8) is 0 Å². The van der Waals surface area contributed by atoms with Crippen molar-refractivity contribution < 1.29 is 14.6 Å². The molecule has 0 saturated carbocycles. The highest BCUT2D eigenvalue weighted by molar-refractivity contribution is 5.85. The number of nitrogens with zero attached hydrogens (tertiary/aromatic N) is 1. The third-order valence-corrected chi connectivity index (χ3v) is 4.55. The van der Waals surface area contributed by atoms with Gasteiger partial charge in [0.05, 0.1) is 12.6 Å². The molecule has 1 N–H and O–H groups in total. The highest BCUT2D eigenvalue weighted by Gasteiger charge is 2.33. The minimum atomic E-state index is -0.688. The first kappa shape index (κ1) is 16.5. The van der Waals surface area contributed by atoms with Gasteiger partial charge in [0.15, 0.2) is 0 Å². The lowest BCUT2D eigenvalue weighted by Gasteiger charge is -2.26. The molecule has 1 heterocycles. The monoisotopic (exact) mass is 325 g/mol. The molecule has 0 radical (unpaired) electrons. The van der Waals surface area contributed by atoms with E-state index in [9.17, 15) is 9.90 Å². The SMILES string of the molecule is CCN(CC(O)c1ccc(C)cc1)C(=O)C1COc2ccccc21. The topological polar surface area (TPSA) is 49.8 Å². The van der Waals surface area contributed by atoms with Gasteiger partial charge in [-0.2, -0.15) is 0 Å². The van der Waals surface area contributed by atoms with Gasteiger partial charge in [-0.05, 0) is 25.5 Å². The normalized spacial score (nSPS) is 17.0. The minimum Gasteiger partial charge on any atom is -0.492 e. The van der Waals surface area contributed by atoms with Gasteiger partial charge in [0.25, 0.3) is 0 Å².